The lowest BCUT2D eigenvalue weighted by Crippen LogP contribution is -2.45. The van der Waals surface area contributed by atoms with E-state index in [9.17, 15) is 0 Å². The maximum absolute atomic E-state index is 6.10. The second-order valence-corrected chi connectivity index (χ2v) is 6.52. The zero-order valence-electron chi connectivity index (χ0n) is 9.97. The summed E-state index contributed by atoms with van der Waals surface area (Å²) in [5.74, 6) is 0. The minimum absolute atomic E-state index is 0.132. The van der Waals surface area contributed by atoms with E-state index < -0.39 is 8.80 Å². The molecular weight excluding hydrogens is 222 g/mol. The molecule has 0 heterocycles. The first-order valence-electron chi connectivity index (χ1n) is 5.13. The van der Waals surface area contributed by atoms with Crippen molar-refractivity contribution in [2.45, 2.75) is 12.1 Å². The van der Waals surface area contributed by atoms with Gasteiger partial charge in [0.05, 0.1) is 0 Å². The van der Waals surface area contributed by atoms with Crippen molar-refractivity contribution in [1.82, 2.24) is 0 Å². The van der Waals surface area contributed by atoms with E-state index in [1.807, 2.05) is 30.3 Å². The highest BCUT2D eigenvalue weighted by atomic mass is 28.4. The van der Waals surface area contributed by atoms with Gasteiger partial charge in [-0.3, -0.25) is 0 Å². The highest BCUT2D eigenvalue weighted by Gasteiger charge is 2.39. The fourth-order valence-electron chi connectivity index (χ4n) is 1.59. The predicted octanol–water partition coefficient (Wildman–Crippen LogP) is 1.56. The summed E-state index contributed by atoms with van der Waals surface area (Å²) >= 11 is 0. The molecule has 1 rings (SSSR count). The summed E-state index contributed by atoms with van der Waals surface area (Å²) in [6, 6.07) is 10.3. The van der Waals surface area contributed by atoms with Crippen LogP contribution in [0.3, 0.4) is 0 Å². The fraction of sp³-hybridized carbons (Fsp3) is 0.455. The molecule has 0 radical (unpaired) electrons. The van der Waals surface area contributed by atoms with Crippen molar-refractivity contribution in [2.75, 3.05) is 21.3 Å². The molecule has 0 spiro atoms. The van der Waals surface area contributed by atoms with Crippen LogP contribution in [-0.2, 0) is 13.3 Å². The second kappa shape index (κ2) is 6.12. The van der Waals surface area contributed by atoms with E-state index in [4.69, 9.17) is 19.0 Å². The van der Waals surface area contributed by atoms with Crippen molar-refractivity contribution in [3.05, 3.63) is 35.9 Å². The van der Waals surface area contributed by atoms with Crippen LogP contribution in [0.2, 0.25) is 6.04 Å². The highest BCUT2D eigenvalue weighted by Crippen LogP contribution is 2.23. The van der Waals surface area contributed by atoms with E-state index in [0.717, 1.165) is 5.56 Å². The summed E-state index contributed by atoms with van der Waals surface area (Å²) in [6.07, 6.45) is 0. The molecule has 0 saturated heterocycles. The predicted molar refractivity (Wildman–Crippen MR) is 65.0 cm³/mol. The van der Waals surface area contributed by atoms with Gasteiger partial charge < -0.3 is 19.0 Å². The van der Waals surface area contributed by atoms with E-state index in [2.05, 4.69) is 0 Å². The van der Waals surface area contributed by atoms with Crippen molar-refractivity contribution in [3.8, 4) is 0 Å². The van der Waals surface area contributed by atoms with E-state index >= 15 is 0 Å². The first-order chi connectivity index (χ1) is 7.67. The molecule has 1 atom stereocenters. The molecule has 0 bridgehead atoms. The van der Waals surface area contributed by atoms with Gasteiger partial charge in [0.2, 0.25) is 0 Å². The van der Waals surface area contributed by atoms with Gasteiger partial charge in [0.1, 0.15) is 0 Å². The first kappa shape index (κ1) is 13.3. The molecule has 1 aromatic rings. The van der Waals surface area contributed by atoms with Crippen molar-refractivity contribution >= 4 is 8.80 Å². The lowest BCUT2D eigenvalue weighted by molar-refractivity contribution is 0.121. The normalized spacial score (nSPS) is 13.8. The van der Waals surface area contributed by atoms with Crippen molar-refractivity contribution in [1.29, 1.82) is 0 Å². The van der Waals surface area contributed by atoms with Crippen LogP contribution in [-0.4, -0.2) is 30.1 Å². The van der Waals surface area contributed by atoms with Gasteiger partial charge in [-0.1, -0.05) is 30.3 Å². The average molecular weight is 241 g/mol. The Balaban J connectivity index is 2.73. The molecule has 0 fully saturated rings. The monoisotopic (exact) mass is 241 g/mol. The molecule has 16 heavy (non-hydrogen) atoms. The van der Waals surface area contributed by atoms with Crippen LogP contribution in [0.1, 0.15) is 11.6 Å². The molecule has 0 amide bonds. The number of benzene rings is 1. The van der Waals surface area contributed by atoms with Crippen LogP contribution in [0.5, 0.6) is 0 Å². The Bertz CT molecular complexity index is 295. The van der Waals surface area contributed by atoms with Gasteiger partial charge in [0, 0.05) is 33.4 Å². The van der Waals surface area contributed by atoms with Gasteiger partial charge in [0.15, 0.2) is 0 Å². The maximum atomic E-state index is 6.10. The molecule has 0 aliphatic rings. The van der Waals surface area contributed by atoms with Crippen molar-refractivity contribution < 1.29 is 13.3 Å². The molecule has 0 aliphatic carbocycles. The minimum atomic E-state index is -2.59. The third-order valence-electron chi connectivity index (χ3n) is 2.63. The largest absolute Gasteiger partial charge is 0.502 e. The molecular formula is C11H19NO3Si. The molecule has 1 unspecified atom stereocenters. The van der Waals surface area contributed by atoms with Gasteiger partial charge in [-0.25, -0.2) is 0 Å². The molecule has 90 valence electrons. The molecule has 2 N–H and O–H groups in total. The zero-order chi connectivity index (χ0) is 12.0. The molecule has 5 heteroatoms. The second-order valence-electron chi connectivity index (χ2n) is 3.52. The Kier molecular flexibility index (Phi) is 5.10. The van der Waals surface area contributed by atoms with Crippen LogP contribution in [0.15, 0.2) is 30.3 Å². The van der Waals surface area contributed by atoms with E-state index in [0.29, 0.717) is 6.04 Å². The first-order valence-corrected chi connectivity index (χ1v) is 7.06. The number of hydrogen-bond acceptors (Lipinski definition) is 4. The van der Waals surface area contributed by atoms with Gasteiger partial charge in [-0.05, 0) is 5.56 Å². The van der Waals surface area contributed by atoms with Crippen LogP contribution < -0.4 is 5.73 Å². The Hall–Kier alpha value is -0.723. The van der Waals surface area contributed by atoms with E-state index in [-0.39, 0.29) is 6.04 Å². The fourth-order valence-corrected chi connectivity index (χ4v) is 3.36. The average Bonchev–Trinajstić information content (AvgIpc) is 2.37. The Morgan fingerprint density at radius 1 is 1.06 bits per heavy atom. The minimum Gasteiger partial charge on any atom is -0.377 e. The van der Waals surface area contributed by atoms with E-state index in [1.54, 1.807) is 21.3 Å². The SMILES string of the molecule is CO[Si](CC(N)c1ccccc1)(OC)OC. The highest BCUT2D eigenvalue weighted by molar-refractivity contribution is 6.60. The van der Waals surface area contributed by atoms with Gasteiger partial charge in [0.25, 0.3) is 0 Å². The number of rotatable bonds is 6. The number of nitrogens with two attached hydrogens (primary N) is 1. The van der Waals surface area contributed by atoms with Crippen molar-refractivity contribution in [3.63, 3.8) is 0 Å². The molecule has 0 aromatic heterocycles. The lowest BCUT2D eigenvalue weighted by Gasteiger charge is -2.27. The summed E-state index contributed by atoms with van der Waals surface area (Å²) in [5, 5.41) is 0. The smallest absolute Gasteiger partial charge is 0.377 e. The molecule has 4 nitrogen and oxygen atoms in total. The van der Waals surface area contributed by atoms with Gasteiger partial charge in [-0.2, -0.15) is 0 Å². The van der Waals surface area contributed by atoms with Crippen LogP contribution >= 0.6 is 0 Å². The molecule has 1 aromatic carbocycles. The van der Waals surface area contributed by atoms with Crippen LogP contribution in [0.4, 0.5) is 0 Å². The Morgan fingerprint density at radius 2 is 1.56 bits per heavy atom. The summed E-state index contributed by atoms with van der Waals surface area (Å²) in [7, 11) is 2.19. The van der Waals surface area contributed by atoms with Crippen molar-refractivity contribution in [2.24, 2.45) is 5.73 Å². The van der Waals surface area contributed by atoms with Gasteiger partial charge in [-0.15, -0.1) is 0 Å². The third-order valence-corrected chi connectivity index (χ3v) is 5.44. The Morgan fingerprint density at radius 3 is 2.00 bits per heavy atom. The molecule has 0 aliphatic heterocycles. The quantitative estimate of drug-likeness (QED) is 0.768. The third kappa shape index (κ3) is 3.13. The van der Waals surface area contributed by atoms with Crippen LogP contribution in [0, 0.1) is 0 Å². The molecule has 0 saturated carbocycles. The summed E-state index contributed by atoms with van der Waals surface area (Å²) < 4.78 is 16.0. The maximum Gasteiger partial charge on any atom is 0.502 e. The summed E-state index contributed by atoms with van der Waals surface area (Å²) in [5.41, 5.74) is 7.16. The standard InChI is InChI=1S/C11H19NO3Si/c1-13-16(14-2,15-3)9-11(12)10-7-5-4-6-8-10/h4-8,11H,9,12H2,1-3H3. The van der Waals surface area contributed by atoms with E-state index in [1.165, 1.54) is 0 Å². The zero-order valence-corrected chi connectivity index (χ0v) is 11.0. The lowest BCUT2D eigenvalue weighted by atomic mass is 10.1. The Labute approximate surface area is 97.7 Å². The van der Waals surface area contributed by atoms with Gasteiger partial charge >= 0.3 is 8.80 Å². The van der Waals surface area contributed by atoms with Crippen LogP contribution in [0.25, 0.3) is 0 Å². The topological polar surface area (TPSA) is 53.7 Å². The number of hydrogen-bond donors (Lipinski definition) is 1. The summed E-state index contributed by atoms with van der Waals surface area (Å²) in [4.78, 5) is 0. The summed E-state index contributed by atoms with van der Waals surface area (Å²) in [6.45, 7) is 0.